The van der Waals surface area contributed by atoms with Crippen molar-refractivity contribution in [1.29, 1.82) is 0 Å². The second kappa shape index (κ2) is 3.61. The van der Waals surface area contributed by atoms with E-state index in [9.17, 15) is 4.79 Å². The Morgan fingerprint density at radius 1 is 1.73 bits per heavy atom. The lowest BCUT2D eigenvalue weighted by Gasteiger charge is -2.17. The molecule has 2 unspecified atom stereocenters. The topological polar surface area (TPSA) is 29.5 Å². The number of halogens is 2. The van der Waals surface area contributed by atoms with Gasteiger partial charge in [-0.25, -0.2) is 4.79 Å². The van der Waals surface area contributed by atoms with E-state index in [0.29, 0.717) is 0 Å². The van der Waals surface area contributed by atoms with Gasteiger partial charge in [-0.05, 0) is 13.5 Å². The van der Waals surface area contributed by atoms with E-state index in [0.717, 1.165) is 13.0 Å². The predicted molar refractivity (Wildman–Crippen MR) is 42.6 cm³/mol. The number of likely N-dealkylation sites (tertiary alicyclic amines) is 1. The zero-order chi connectivity index (χ0) is 8.43. The second-order valence-electron chi connectivity index (χ2n) is 2.63. The third-order valence-electron chi connectivity index (χ3n) is 1.89. The first-order valence-electron chi connectivity index (χ1n) is 3.33. The van der Waals surface area contributed by atoms with Crippen LogP contribution in [0.3, 0.4) is 0 Å². The number of nitrogens with zero attached hydrogens (tertiary/aromatic N) is 1. The quantitative estimate of drug-likeness (QED) is 0.588. The molecule has 0 aromatic rings. The van der Waals surface area contributed by atoms with Gasteiger partial charge in [-0.2, -0.15) is 0 Å². The van der Waals surface area contributed by atoms with Crippen molar-refractivity contribution in [2.75, 3.05) is 13.6 Å². The molecule has 0 spiro atoms. The molecule has 0 aromatic heterocycles. The number of carbonyl (C=O) groups excluding carboxylic acids is 1. The molecule has 0 aliphatic carbocycles. The van der Waals surface area contributed by atoms with E-state index in [1.807, 2.05) is 11.9 Å². The number of carbonyl (C=O) groups is 1. The van der Waals surface area contributed by atoms with Gasteiger partial charge in [0.1, 0.15) is 17.9 Å². The predicted octanol–water partition coefficient (Wildman–Crippen LogP) is 0.995. The highest BCUT2D eigenvalue weighted by Crippen LogP contribution is 2.22. The van der Waals surface area contributed by atoms with Crippen LogP contribution in [0.25, 0.3) is 0 Å². The fraction of sp³-hybridized carbons (Fsp3) is 0.833. The SMILES string of the molecule is CN1CCC(Cl)C1C(=O)OCl. The van der Waals surface area contributed by atoms with Crippen LogP contribution in [0, 0.1) is 0 Å². The molecule has 0 aromatic carbocycles. The Morgan fingerprint density at radius 2 is 2.36 bits per heavy atom. The van der Waals surface area contributed by atoms with Crippen molar-refractivity contribution in [2.24, 2.45) is 0 Å². The van der Waals surface area contributed by atoms with Gasteiger partial charge in [0.05, 0.1) is 5.38 Å². The van der Waals surface area contributed by atoms with E-state index >= 15 is 0 Å². The van der Waals surface area contributed by atoms with Gasteiger partial charge in [0.25, 0.3) is 0 Å². The lowest BCUT2D eigenvalue weighted by atomic mass is 10.2. The van der Waals surface area contributed by atoms with E-state index in [1.54, 1.807) is 0 Å². The van der Waals surface area contributed by atoms with Crippen LogP contribution in [0.2, 0.25) is 0 Å². The van der Waals surface area contributed by atoms with E-state index in [1.165, 1.54) is 0 Å². The zero-order valence-corrected chi connectivity index (χ0v) is 7.60. The van der Waals surface area contributed by atoms with Crippen LogP contribution in [-0.4, -0.2) is 35.9 Å². The summed E-state index contributed by atoms with van der Waals surface area (Å²) in [6.07, 6.45) is 0.800. The summed E-state index contributed by atoms with van der Waals surface area (Å²) in [5.41, 5.74) is 0. The van der Waals surface area contributed by atoms with Gasteiger partial charge in [0.2, 0.25) is 0 Å². The first kappa shape index (κ1) is 9.10. The van der Waals surface area contributed by atoms with Crippen LogP contribution in [0.15, 0.2) is 0 Å². The molecule has 1 saturated heterocycles. The normalized spacial score (nSPS) is 32.3. The summed E-state index contributed by atoms with van der Waals surface area (Å²) in [5.74, 6) is -0.466. The molecular formula is C6H9Cl2NO2. The number of hydrogen-bond donors (Lipinski definition) is 0. The van der Waals surface area contributed by atoms with Gasteiger partial charge in [0.15, 0.2) is 0 Å². The molecule has 64 valence electrons. The summed E-state index contributed by atoms with van der Waals surface area (Å²) in [5, 5.41) is -0.175. The summed E-state index contributed by atoms with van der Waals surface area (Å²) in [6, 6.07) is -0.380. The molecule has 0 amide bonds. The van der Waals surface area contributed by atoms with Crippen LogP contribution in [0.1, 0.15) is 6.42 Å². The van der Waals surface area contributed by atoms with Gasteiger partial charge in [0, 0.05) is 6.54 Å². The lowest BCUT2D eigenvalue weighted by molar-refractivity contribution is -0.138. The highest BCUT2D eigenvalue weighted by atomic mass is 35.5. The molecule has 1 fully saturated rings. The Bertz CT molecular complexity index is 155. The van der Waals surface area contributed by atoms with Crippen LogP contribution >= 0.6 is 23.5 Å². The van der Waals surface area contributed by atoms with Crippen molar-refractivity contribution in [3.63, 3.8) is 0 Å². The van der Waals surface area contributed by atoms with Gasteiger partial charge in [-0.3, -0.25) is 4.90 Å². The molecule has 1 aliphatic rings. The lowest BCUT2D eigenvalue weighted by Crippen LogP contribution is -2.37. The maximum Gasteiger partial charge on any atom is 0.343 e. The van der Waals surface area contributed by atoms with Crippen LogP contribution in [0.4, 0.5) is 0 Å². The minimum atomic E-state index is -0.466. The Morgan fingerprint density at radius 3 is 2.73 bits per heavy atom. The first-order chi connectivity index (χ1) is 5.16. The zero-order valence-electron chi connectivity index (χ0n) is 6.09. The van der Waals surface area contributed by atoms with E-state index in [2.05, 4.69) is 4.29 Å². The monoisotopic (exact) mass is 197 g/mol. The molecule has 5 heteroatoms. The third-order valence-corrected chi connectivity index (χ3v) is 2.50. The maximum atomic E-state index is 11.0. The Balaban J connectivity index is 2.60. The summed E-state index contributed by atoms with van der Waals surface area (Å²) >= 11 is 10.8. The fourth-order valence-electron chi connectivity index (χ4n) is 1.27. The van der Waals surface area contributed by atoms with Crippen LogP contribution < -0.4 is 0 Å². The first-order valence-corrected chi connectivity index (χ1v) is 4.08. The van der Waals surface area contributed by atoms with Crippen molar-refractivity contribution in [2.45, 2.75) is 17.8 Å². The van der Waals surface area contributed by atoms with Gasteiger partial charge in [-0.1, -0.05) is 0 Å². The van der Waals surface area contributed by atoms with Crippen LogP contribution in [-0.2, 0) is 9.08 Å². The Labute approximate surface area is 75.4 Å². The number of alkyl halides is 1. The molecule has 3 nitrogen and oxygen atoms in total. The molecule has 11 heavy (non-hydrogen) atoms. The number of hydrogen-bond acceptors (Lipinski definition) is 3. The van der Waals surface area contributed by atoms with Crippen molar-refractivity contribution in [3.8, 4) is 0 Å². The average molecular weight is 198 g/mol. The second-order valence-corrected chi connectivity index (χ2v) is 3.34. The molecule has 1 heterocycles. The summed E-state index contributed by atoms with van der Waals surface area (Å²) in [7, 11) is 1.82. The average Bonchev–Trinajstić information content (AvgIpc) is 2.30. The van der Waals surface area contributed by atoms with Crippen molar-refractivity contribution < 1.29 is 9.08 Å². The van der Waals surface area contributed by atoms with Crippen molar-refractivity contribution in [1.82, 2.24) is 4.90 Å². The van der Waals surface area contributed by atoms with Crippen LogP contribution in [0.5, 0.6) is 0 Å². The third kappa shape index (κ3) is 1.78. The van der Waals surface area contributed by atoms with E-state index in [-0.39, 0.29) is 11.4 Å². The highest BCUT2D eigenvalue weighted by Gasteiger charge is 2.37. The van der Waals surface area contributed by atoms with Gasteiger partial charge < -0.3 is 4.29 Å². The number of rotatable bonds is 1. The molecular weight excluding hydrogens is 189 g/mol. The molecule has 1 aliphatic heterocycles. The Hall–Kier alpha value is 0.01000. The molecule has 0 N–H and O–H groups in total. The maximum absolute atomic E-state index is 11.0. The fourth-order valence-corrected chi connectivity index (χ4v) is 1.76. The molecule has 0 bridgehead atoms. The smallest absolute Gasteiger partial charge is 0.343 e. The Kier molecular flexibility index (Phi) is 2.98. The van der Waals surface area contributed by atoms with Gasteiger partial charge in [-0.15, -0.1) is 11.6 Å². The molecule has 2 atom stereocenters. The highest BCUT2D eigenvalue weighted by molar-refractivity contribution is 6.23. The van der Waals surface area contributed by atoms with Crippen molar-refractivity contribution in [3.05, 3.63) is 0 Å². The molecule has 0 saturated carbocycles. The molecule has 0 radical (unpaired) electrons. The summed E-state index contributed by atoms with van der Waals surface area (Å²) < 4.78 is 4.08. The number of likely N-dealkylation sites (N-methyl/N-ethyl adjacent to an activating group) is 1. The minimum Gasteiger partial charge on any atom is -0.346 e. The largest absolute Gasteiger partial charge is 0.346 e. The summed E-state index contributed by atoms with van der Waals surface area (Å²) in [6.45, 7) is 0.810. The standard InChI is InChI=1S/C6H9Cl2NO2/c1-9-3-2-4(7)5(9)6(10)11-8/h4-5H,2-3H2,1H3. The minimum absolute atomic E-state index is 0.175. The van der Waals surface area contributed by atoms with Crippen molar-refractivity contribution >= 4 is 29.4 Å². The molecule has 1 rings (SSSR count). The van der Waals surface area contributed by atoms with E-state index < -0.39 is 5.97 Å². The summed E-state index contributed by atoms with van der Waals surface area (Å²) in [4.78, 5) is 12.8. The van der Waals surface area contributed by atoms with Gasteiger partial charge >= 0.3 is 5.97 Å². The van der Waals surface area contributed by atoms with E-state index in [4.69, 9.17) is 23.5 Å².